The summed E-state index contributed by atoms with van der Waals surface area (Å²) in [6, 6.07) is 5.43. The van der Waals surface area contributed by atoms with Crippen LogP contribution in [0.25, 0.3) is 0 Å². The van der Waals surface area contributed by atoms with Crippen LogP contribution in [-0.4, -0.2) is 36.2 Å². The molecule has 0 spiro atoms. The number of hydrogen-bond acceptors (Lipinski definition) is 3. The molecule has 0 saturated carbocycles. The summed E-state index contributed by atoms with van der Waals surface area (Å²) in [5.41, 5.74) is 0.909. The second kappa shape index (κ2) is 7.24. The van der Waals surface area contributed by atoms with E-state index in [1.807, 2.05) is 24.0 Å². The lowest BCUT2D eigenvalue weighted by molar-refractivity contribution is -0.138. The third-order valence-corrected chi connectivity index (χ3v) is 2.90. The van der Waals surface area contributed by atoms with Gasteiger partial charge in [0.1, 0.15) is 5.75 Å². The van der Waals surface area contributed by atoms with Crippen LogP contribution in [0.1, 0.15) is 18.9 Å². The molecule has 5 heteroatoms. The van der Waals surface area contributed by atoms with Crippen LogP contribution in [0.5, 0.6) is 5.75 Å². The van der Waals surface area contributed by atoms with Gasteiger partial charge in [0, 0.05) is 11.6 Å². The molecule has 4 nitrogen and oxygen atoms in total. The molecule has 1 aromatic rings. The number of carboxylic acids is 1. The van der Waals surface area contributed by atoms with Crippen LogP contribution in [0.3, 0.4) is 0 Å². The van der Waals surface area contributed by atoms with Crippen molar-refractivity contribution in [3.63, 3.8) is 0 Å². The van der Waals surface area contributed by atoms with Gasteiger partial charge in [0.15, 0.2) is 0 Å². The Balaban J connectivity index is 2.76. The van der Waals surface area contributed by atoms with Crippen molar-refractivity contribution in [3.8, 4) is 5.75 Å². The molecule has 0 aliphatic carbocycles. The number of carbonyl (C=O) groups is 1. The number of hydrogen-bond donors (Lipinski definition) is 1. The van der Waals surface area contributed by atoms with Crippen LogP contribution >= 0.6 is 11.6 Å². The van der Waals surface area contributed by atoms with E-state index in [2.05, 4.69) is 0 Å². The predicted molar refractivity (Wildman–Crippen MR) is 71.2 cm³/mol. The minimum atomic E-state index is -0.826. The number of halogens is 1. The Bertz CT molecular complexity index is 409. The fourth-order valence-corrected chi connectivity index (χ4v) is 1.98. The second-order valence-electron chi connectivity index (χ2n) is 4.06. The zero-order valence-electron chi connectivity index (χ0n) is 10.6. The molecule has 0 unspecified atom stereocenters. The average Bonchev–Trinajstić information content (AvgIpc) is 2.31. The van der Waals surface area contributed by atoms with Crippen LogP contribution in [0.2, 0.25) is 5.02 Å². The normalized spacial score (nSPS) is 10.7. The van der Waals surface area contributed by atoms with Gasteiger partial charge in [-0.15, -0.1) is 0 Å². The van der Waals surface area contributed by atoms with Crippen molar-refractivity contribution in [2.75, 3.05) is 20.2 Å². The summed E-state index contributed by atoms with van der Waals surface area (Å²) in [5, 5.41) is 9.44. The summed E-state index contributed by atoms with van der Waals surface area (Å²) in [4.78, 5) is 12.6. The molecular weight excluding hydrogens is 254 g/mol. The van der Waals surface area contributed by atoms with Gasteiger partial charge in [-0.1, -0.05) is 24.6 Å². The molecule has 0 bridgehead atoms. The van der Waals surface area contributed by atoms with Crippen molar-refractivity contribution in [3.05, 3.63) is 28.8 Å². The van der Waals surface area contributed by atoms with E-state index in [0.29, 0.717) is 17.3 Å². The van der Waals surface area contributed by atoms with Crippen molar-refractivity contribution < 1.29 is 14.6 Å². The highest BCUT2D eigenvalue weighted by atomic mass is 35.5. The SMILES string of the molecule is CCCN(CC(=O)O)Cc1ccc(OC)cc1Cl. The number of benzene rings is 1. The van der Waals surface area contributed by atoms with E-state index in [4.69, 9.17) is 21.4 Å². The highest BCUT2D eigenvalue weighted by molar-refractivity contribution is 6.31. The Morgan fingerprint density at radius 1 is 1.50 bits per heavy atom. The Morgan fingerprint density at radius 2 is 2.22 bits per heavy atom. The van der Waals surface area contributed by atoms with Gasteiger partial charge in [0.25, 0.3) is 0 Å². The lowest BCUT2D eigenvalue weighted by atomic mass is 10.2. The average molecular weight is 272 g/mol. The first-order chi connectivity index (χ1) is 8.56. The molecule has 0 saturated heterocycles. The van der Waals surface area contributed by atoms with Crippen LogP contribution < -0.4 is 4.74 Å². The molecule has 0 aromatic heterocycles. The topological polar surface area (TPSA) is 49.8 Å². The number of carboxylic acid groups (broad SMARTS) is 1. The van der Waals surface area contributed by atoms with Gasteiger partial charge < -0.3 is 9.84 Å². The molecule has 1 rings (SSSR count). The van der Waals surface area contributed by atoms with Gasteiger partial charge in [-0.05, 0) is 30.7 Å². The second-order valence-corrected chi connectivity index (χ2v) is 4.47. The number of methoxy groups -OCH3 is 1. The Morgan fingerprint density at radius 3 is 2.72 bits per heavy atom. The standard InChI is InChI=1S/C13H18ClNO3/c1-3-6-15(9-13(16)17)8-10-4-5-11(18-2)7-12(10)14/h4-5,7H,3,6,8-9H2,1-2H3,(H,16,17). The van der Waals surface area contributed by atoms with E-state index in [0.717, 1.165) is 18.5 Å². The third kappa shape index (κ3) is 4.55. The molecule has 0 aliphatic rings. The minimum absolute atomic E-state index is 0.0240. The number of nitrogens with zero attached hydrogens (tertiary/aromatic N) is 1. The van der Waals surface area contributed by atoms with Crippen molar-refractivity contribution in [2.24, 2.45) is 0 Å². The van der Waals surface area contributed by atoms with Crippen molar-refractivity contribution >= 4 is 17.6 Å². The predicted octanol–water partition coefficient (Wildman–Crippen LogP) is 2.65. The van der Waals surface area contributed by atoms with Gasteiger partial charge in [-0.25, -0.2) is 0 Å². The molecule has 0 radical (unpaired) electrons. The van der Waals surface area contributed by atoms with Crippen molar-refractivity contribution in [2.45, 2.75) is 19.9 Å². The van der Waals surface area contributed by atoms with Crippen LogP contribution in [-0.2, 0) is 11.3 Å². The zero-order chi connectivity index (χ0) is 13.5. The first-order valence-electron chi connectivity index (χ1n) is 5.83. The summed E-state index contributed by atoms with van der Waals surface area (Å²) in [7, 11) is 1.58. The van der Waals surface area contributed by atoms with Crippen molar-refractivity contribution in [1.29, 1.82) is 0 Å². The summed E-state index contributed by atoms with van der Waals surface area (Å²) in [6.07, 6.45) is 0.904. The van der Waals surface area contributed by atoms with Crippen LogP contribution in [0.15, 0.2) is 18.2 Å². The number of ether oxygens (including phenoxy) is 1. The quantitative estimate of drug-likeness (QED) is 0.828. The maximum absolute atomic E-state index is 10.8. The number of aliphatic carboxylic acids is 1. The maximum atomic E-state index is 10.8. The minimum Gasteiger partial charge on any atom is -0.497 e. The summed E-state index contributed by atoms with van der Waals surface area (Å²) < 4.78 is 5.07. The molecule has 0 atom stereocenters. The first kappa shape index (κ1) is 14.8. The fraction of sp³-hybridized carbons (Fsp3) is 0.462. The van der Waals surface area contributed by atoms with Gasteiger partial charge in [-0.2, -0.15) is 0 Å². The molecule has 0 fully saturated rings. The molecule has 18 heavy (non-hydrogen) atoms. The van der Waals surface area contributed by atoms with E-state index >= 15 is 0 Å². The molecule has 0 aliphatic heterocycles. The molecule has 100 valence electrons. The summed E-state index contributed by atoms with van der Waals surface area (Å²) >= 11 is 6.13. The Kier molecular flexibility index (Phi) is 5.95. The van der Waals surface area contributed by atoms with E-state index in [-0.39, 0.29) is 6.54 Å². The monoisotopic (exact) mass is 271 g/mol. The van der Waals surface area contributed by atoms with E-state index in [1.165, 1.54) is 0 Å². The number of rotatable bonds is 7. The summed E-state index contributed by atoms with van der Waals surface area (Å²) in [5.74, 6) is -0.128. The largest absolute Gasteiger partial charge is 0.497 e. The Labute approximate surface area is 112 Å². The molecule has 1 aromatic carbocycles. The molecule has 1 N–H and O–H groups in total. The zero-order valence-corrected chi connectivity index (χ0v) is 11.4. The molecule has 0 heterocycles. The van der Waals surface area contributed by atoms with E-state index < -0.39 is 5.97 Å². The smallest absolute Gasteiger partial charge is 0.317 e. The van der Waals surface area contributed by atoms with Gasteiger partial charge in [-0.3, -0.25) is 9.69 Å². The van der Waals surface area contributed by atoms with Crippen molar-refractivity contribution in [1.82, 2.24) is 4.90 Å². The first-order valence-corrected chi connectivity index (χ1v) is 6.21. The van der Waals surface area contributed by atoms with E-state index in [1.54, 1.807) is 13.2 Å². The highest BCUT2D eigenvalue weighted by Gasteiger charge is 2.11. The maximum Gasteiger partial charge on any atom is 0.317 e. The van der Waals surface area contributed by atoms with Gasteiger partial charge >= 0.3 is 5.97 Å². The highest BCUT2D eigenvalue weighted by Crippen LogP contribution is 2.23. The van der Waals surface area contributed by atoms with Crippen LogP contribution in [0.4, 0.5) is 0 Å². The summed E-state index contributed by atoms with van der Waals surface area (Å²) in [6.45, 7) is 3.30. The molecular formula is C13H18ClNO3. The lowest BCUT2D eigenvalue weighted by Crippen LogP contribution is -2.30. The van der Waals surface area contributed by atoms with E-state index in [9.17, 15) is 4.79 Å². The third-order valence-electron chi connectivity index (χ3n) is 2.55. The van der Waals surface area contributed by atoms with Crippen LogP contribution in [0, 0.1) is 0 Å². The lowest BCUT2D eigenvalue weighted by Gasteiger charge is -2.20. The van der Waals surface area contributed by atoms with Gasteiger partial charge in [0.05, 0.1) is 13.7 Å². The Hall–Kier alpha value is -1.26. The molecule has 0 amide bonds. The fourth-order valence-electron chi connectivity index (χ4n) is 1.75. The van der Waals surface area contributed by atoms with Gasteiger partial charge in [0.2, 0.25) is 0 Å².